The van der Waals surface area contributed by atoms with E-state index in [0.29, 0.717) is 30.4 Å². The molecule has 3 heterocycles. The summed E-state index contributed by atoms with van der Waals surface area (Å²) in [5.41, 5.74) is 0.458. The van der Waals surface area contributed by atoms with Crippen molar-refractivity contribution in [2.45, 2.75) is 12.5 Å². The first kappa shape index (κ1) is 16.9. The molecule has 2 aromatic rings. The van der Waals surface area contributed by atoms with E-state index in [1.54, 1.807) is 35.6 Å². The Labute approximate surface area is 146 Å². The third-order valence-corrected chi connectivity index (χ3v) is 3.97. The van der Waals surface area contributed by atoms with Gasteiger partial charge in [-0.2, -0.15) is 4.98 Å². The Balaban J connectivity index is 1.65. The van der Waals surface area contributed by atoms with Gasteiger partial charge in [-0.1, -0.05) is 0 Å². The standard InChI is InChI=1S/C17H21N5O3/c1-21(2)14-9-18-10-15(20-14)25-12-6-8-22(11-12)17(23)13-5-4-7-19-16(13)24-3/h4-5,7,9-10,12H,6,8,11H2,1-3H3. The molecule has 0 bridgehead atoms. The lowest BCUT2D eigenvalue weighted by Crippen LogP contribution is -2.31. The maximum absolute atomic E-state index is 12.7. The molecular weight excluding hydrogens is 322 g/mol. The van der Waals surface area contributed by atoms with Gasteiger partial charge in [-0.15, -0.1) is 0 Å². The lowest BCUT2D eigenvalue weighted by Gasteiger charge is -2.18. The largest absolute Gasteiger partial charge is 0.480 e. The van der Waals surface area contributed by atoms with Crippen molar-refractivity contribution in [3.05, 3.63) is 36.3 Å². The van der Waals surface area contributed by atoms with Crippen molar-refractivity contribution < 1.29 is 14.3 Å². The zero-order valence-corrected chi connectivity index (χ0v) is 14.5. The molecule has 8 heteroatoms. The van der Waals surface area contributed by atoms with Gasteiger partial charge >= 0.3 is 0 Å². The third-order valence-electron chi connectivity index (χ3n) is 3.97. The number of amides is 1. The number of ether oxygens (including phenoxy) is 2. The average Bonchev–Trinajstić information content (AvgIpc) is 3.09. The summed E-state index contributed by atoms with van der Waals surface area (Å²) in [6.07, 6.45) is 5.48. The van der Waals surface area contributed by atoms with E-state index in [2.05, 4.69) is 15.0 Å². The van der Waals surface area contributed by atoms with Crippen LogP contribution in [0.4, 0.5) is 5.82 Å². The molecule has 0 aliphatic carbocycles. The summed E-state index contributed by atoms with van der Waals surface area (Å²) < 4.78 is 11.1. The molecular formula is C17H21N5O3. The van der Waals surface area contributed by atoms with Crippen LogP contribution in [0.15, 0.2) is 30.7 Å². The lowest BCUT2D eigenvalue weighted by molar-refractivity contribution is 0.0767. The van der Waals surface area contributed by atoms with Gasteiger partial charge in [0.1, 0.15) is 11.7 Å². The van der Waals surface area contributed by atoms with E-state index in [1.807, 2.05) is 19.0 Å². The zero-order valence-electron chi connectivity index (χ0n) is 14.5. The SMILES string of the molecule is COc1ncccc1C(=O)N1CCC(Oc2cncc(N(C)C)n2)C1. The fraction of sp³-hybridized carbons (Fsp3) is 0.412. The van der Waals surface area contributed by atoms with E-state index in [9.17, 15) is 4.79 Å². The van der Waals surface area contributed by atoms with Crippen LogP contribution in [0, 0.1) is 0 Å². The molecule has 0 saturated carbocycles. The fourth-order valence-electron chi connectivity index (χ4n) is 2.68. The number of carbonyl (C=O) groups is 1. The highest BCUT2D eigenvalue weighted by Gasteiger charge is 2.30. The highest BCUT2D eigenvalue weighted by atomic mass is 16.5. The Morgan fingerprint density at radius 3 is 2.96 bits per heavy atom. The van der Waals surface area contributed by atoms with Crippen LogP contribution in [0.1, 0.15) is 16.8 Å². The number of carbonyl (C=O) groups excluding carboxylic acids is 1. The topological polar surface area (TPSA) is 80.7 Å². The van der Waals surface area contributed by atoms with Crippen molar-refractivity contribution in [2.24, 2.45) is 0 Å². The van der Waals surface area contributed by atoms with Gasteiger partial charge in [-0.25, -0.2) is 4.98 Å². The Morgan fingerprint density at radius 1 is 1.36 bits per heavy atom. The molecule has 132 valence electrons. The van der Waals surface area contributed by atoms with Crippen molar-refractivity contribution >= 4 is 11.7 Å². The highest BCUT2D eigenvalue weighted by Crippen LogP contribution is 2.22. The number of methoxy groups -OCH3 is 1. The van der Waals surface area contributed by atoms with E-state index in [1.165, 1.54) is 7.11 Å². The number of rotatable bonds is 5. The van der Waals surface area contributed by atoms with E-state index in [-0.39, 0.29) is 12.0 Å². The van der Waals surface area contributed by atoms with E-state index in [0.717, 1.165) is 12.2 Å². The van der Waals surface area contributed by atoms with Crippen LogP contribution < -0.4 is 14.4 Å². The zero-order chi connectivity index (χ0) is 17.8. The molecule has 1 aliphatic heterocycles. The fourth-order valence-corrected chi connectivity index (χ4v) is 2.68. The normalized spacial score (nSPS) is 16.6. The summed E-state index contributed by atoms with van der Waals surface area (Å²) >= 11 is 0. The Hall–Kier alpha value is -2.90. The molecule has 1 unspecified atom stereocenters. The predicted molar refractivity (Wildman–Crippen MR) is 92.1 cm³/mol. The van der Waals surface area contributed by atoms with E-state index < -0.39 is 0 Å². The first-order chi connectivity index (χ1) is 12.1. The van der Waals surface area contributed by atoms with Gasteiger partial charge in [-0.3, -0.25) is 9.78 Å². The summed E-state index contributed by atoms with van der Waals surface area (Å²) in [5, 5.41) is 0. The molecule has 2 aromatic heterocycles. The molecule has 1 atom stereocenters. The first-order valence-electron chi connectivity index (χ1n) is 8.03. The van der Waals surface area contributed by atoms with Crippen LogP contribution in [0.3, 0.4) is 0 Å². The quantitative estimate of drug-likeness (QED) is 0.808. The molecule has 1 amide bonds. The van der Waals surface area contributed by atoms with Crippen LogP contribution >= 0.6 is 0 Å². The van der Waals surface area contributed by atoms with Gasteiger partial charge in [0.2, 0.25) is 11.8 Å². The molecule has 1 fully saturated rings. The molecule has 0 radical (unpaired) electrons. The van der Waals surface area contributed by atoms with Crippen molar-refractivity contribution in [3.63, 3.8) is 0 Å². The molecule has 25 heavy (non-hydrogen) atoms. The Morgan fingerprint density at radius 2 is 2.20 bits per heavy atom. The molecule has 3 rings (SSSR count). The summed E-state index contributed by atoms with van der Waals surface area (Å²) in [7, 11) is 5.29. The Bertz CT molecular complexity index is 753. The van der Waals surface area contributed by atoms with Gasteiger partial charge in [0, 0.05) is 33.3 Å². The maximum atomic E-state index is 12.7. The van der Waals surface area contributed by atoms with Crippen LogP contribution in [0.25, 0.3) is 0 Å². The third kappa shape index (κ3) is 3.78. The number of likely N-dealkylation sites (tertiary alicyclic amines) is 1. The van der Waals surface area contributed by atoms with Gasteiger partial charge < -0.3 is 19.3 Å². The van der Waals surface area contributed by atoms with Crippen molar-refractivity contribution in [1.29, 1.82) is 0 Å². The number of hydrogen-bond donors (Lipinski definition) is 0. The summed E-state index contributed by atoms with van der Waals surface area (Å²) in [4.78, 5) is 28.9. The lowest BCUT2D eigenvalue weighted by atomic mass is 10.2. The highest BCUT2D eigenvalue weighted by molar-refractivity contribution is 5.96. The molecule has 0 N–H and O–H groups in total. The van der Waals surface area contributed by atoms with Gasteiger partial charge in [0.05, 0.1) is 26.0 Å². The number of anilines is 1. The van der Waals surface area contributed by atoms with E-state index in [4.69, 9.17) is 9.47 Å². The van der Waals surface area contributed by atoms with Gasteiger partial charge in [-0.05, 0) is 12.1 Å². The van der Waals surface area contributed by atoms with E-state index >= 15 is 0 Å². The van der Waals surface area contributed by atoms with Crippen LogP contribution in [0.2, 0.25) is 0 Å². The number of nitrogens with zero attached hydrogens (tertiary/aromatic N) is 5. The van der Waals surface area contributed by atoms with Crippen molar-refractivity contribution in [1.82, 2.24) is 19.9 Å². The summed E-state index contributed by atoms with van der Waals surface area (Å²) in [6.45, 7) is 1.10. The predicted octanol–water partition coefficient (Wildman–Crippen LogP) is 1.24. The molecule has 0 spiro atoms. The van der Waals surface area contributed by atoms with Gasteiger partial charge in [0.15, 0.2) is 5.82 Å². The molecule has 0 aromatic carbocycles. The molecule has 1 saturated heterocycles. The first-order valence-corrected chi connectivity index (χ1v) is 8.03. The van der Waals surface area contributed by atoms with Crippen LogP contribution in [-0.2, 0) is 0 Å². The minimum atomic E-state index is -0.113. The number of hydrogen-bond acceptors (Lipinski definition) is 7. The van der Waals surface area contributed by atoms with Gasteiger partial charge in [0.25, 0.3) is 5.91 Å². The summed E-state index contributed by atoms with van der Waals surface area (Å²) in [6, 6.07) is 3.44. The second-order valence-corrected chi connectivity index (χ2v) is 5.95. The second kappa shape index (κ2) is 7.33. The monoisotopic (exact) mass is 343 g/mol. The summed E-state index contributed by atoms with van der Waals surface area (Å²) in [5.74, 6) is 1.42. The van der Waals surface area contributed by atoms with Crippen LogP contribution in [0.5, 0.6) is 11.8 Å². The van der Waals surface area contributed by atoms with Crippen molar-refractivity contribution in [2.75, 3.05) is 39.2 Å². The van der Waals surface area contributed by atoms with Crippen molar-refractivity contribution in [3.8, 4) is 11.8 Å². The average molecular weight is 343 g/mol. The number of pyridine rings is 1. The Kier molecular flexibility index (Phi) is 4.97. The molecule has 1 aliphatic rings. The second-order valence-electron chi connectivity index (χ2n) is 5.95. The smallest absolute Gasteiger partial charge is 0.259 e. The van der Waals surface area contributed by atoms with Crippen LogP contribution in [-0.4, -0.2) is 66.2 Å². The maximum Gasteiger partial charge on any atom is 0.259 e. The minimum Gasteiger partial charge on any atom is -0.480 e. The minimum absolute atomic E-state index is 0.107. The number of aromatic nitrogens is 3. The molecule has 8 nitrogen and oxygen atoms in total.